The minimum atomic E-state index is -0.172. The summed E-state index contributed by atoms with van der Waals surface area (Å²) in [7, 11) is 0. The molecule has 0 aromatic heterocycles. The van der Waals surface area contributed by atoms with Gasteiger partial charge in [0.15, 0.2) is 0 Å². The summed E-state index contributed by atoms with van der Waals surface area (Å²) >= 11 is 0. The number of aliphatic hydroxyl groups excluding tert-OH is 1. The highest BCUT2D eigenvalue weighted by Crippen LogP contribution is 2.15. The summed E-state index contributed by atoms with van der Waals surface area (Å²) < 4.78 is 0. The molecule has 0 saturated heterocycles. The van der Waals surface area contributed by atoms with Crippen molar-refractivity contribution in [2.24, 2.45) is 0 Å². The van der Waals surface area contributed by atoms with Crippen LogP contribution in [0.15, 0.2) is 18.2 Å². The van der Waals surface area contributed by atoms with Gasteiger partial charge in [0, 0.05) is 24.5 Å². The quantitative estimate of drug-likeness (QED) is 0.431. The van der Waals surface area contributed by atoms with Gasteiger partial charge in [-0.25, -0.2) is 0 Å². The van der Waals surface area contributed by atoms with Gasteiger partial charge in [-0.05, 0) is 31.0 Å². The molecule has 0 heterocycles. The molecule has 0 unspecified atom stereocenters. The summed E-state index contributed by atoms with van der Waals surface area (Å²) in [5.41, 5.74) is 12.7. The fourth-order valence-electron chi connectivity index (χ4n) is 1.68. The molecule has 5 nitrogen and oxygen atoms in total. The number of nitrogen functional groups attached to an aromatic ring is 2. The first-order valence-electron chi connectivity index (χ1n) is 6.19. The van der Waals surface area contributed by atoms with Crippen LogP contribution in [-0.2, 0) is 0 Å². The first-order valence-corrected chi connectivity index (χ1v) is 6.19. The Kier molecular flexibility index (Phi) is 6.00. The molecule has 0 aliphatic rings. The number of anilines is 2. The van der Waals surface area contributed by atoms with Crippen LogP contribution in [0.25, 0.3) is 0 Å². The molecule has 1 amide bonds. The zero-order valence-electron chi connectivity index (χ0n) is 10.5. The number of carbonyl (C=O) groups is 1. The van der Waals surface area contributed by atoms with Gasteiger partial charge >= 0.3 is 0 Å². The van der Waals surface area contributed by atoms with Gasteiger partial charge in [0.1, 0.15) is 0 Å². The lowest BCUT2D eigenvalue weighted by Gasteiger charge is -2.08. The van der Waals surface area contributed by atoms with E-state index in [9.17, 15) is 4.79 Å². The number of amides is 1. The molecule has 0 spiro atoms. The zero-order chi connectivity index (χ0) is 13.4. The highest BCUT2D eigenvalue weighted by atomic mass is 16.2. The van der Waals surface area contributed by atoms with Crippen LogP contribution in [0.5, 0.6) is 0 Å². The van der Waals surface area contributed by atoms with Crippen LogP contribution in [0.2, 0.25) is 0 Å². The Bertz CT molecular complexity index is 394. The van der Waals surface area contributed by atoms with Crippen LogP contribution in [0.3, 0.4) is 0 Å². The van der Waals surface area contributed by atoms with E-state index in [2.05, 4.69) is 5.32 Å². The molecule has 0 aliphatic carbocycles. The third-order valence-electron chi connectivity index (χ3n) is 2.69. The van der Waals surface area contributed by atoms with Gasteiger partial charge in [0.05, 0.1) is 5.56 Å². The van der Waals surface area contributed by atoms with Crippen molar-refractivity contribution in [3.05, 3.63) is 23.8 Å². The molecule has 5 heteroatoms. The SMILES string of the molecule is Nc1ccc(C(=O)NCCCCCCO)c(N)c1. The van der Waals surface area contributed by atoms with Crippen molar-refractivity contribution in [3.63, 3.8) is 0 Å². The summed E-state index contributed by atoms with van der Waals surface area (Å²) in [5, 5.41) is 11.4. The van der Waals surface area contributed by atoms with Crippen molar-refractivity contribution in [1.29, 1.82) is 0 Å². The van der Waals surface area contributed by atoms with Crippen molar-refractivity contribution in [3.8, 4) is 0 Å². The molecular formula is C13H21N3O2. The third kappa shape index (κ3) is 4.63. The maximum Gasteiger partial charge on any atom is 0.253 e. The Hall–Kier alpha value is -1.75. The molecule has 0 aliphatic heterocycles. The predicted molar refractivity (Wildman–Crippen MR) is 73.2 cm³/mol. The molecule has 100 valence electrons. The van der Waals surface area contributed by atoms with Crippen LogP contribution >= 0.6 is 0 Å². The van der Waals surface area contributed by atoms with Gasteiger partial charge in [-0.3, -0.25) is 4.79 Å². The second kappa shape index (κ2) is 7.55. The van der Waals surface area contributed by atoms with Crippen molar-refractivity contribution in [1.82, 2.24) is 5.32 Å². The van der Waals surface area contributed by atoms with Gasteiger partial charge in [-0.1, -0.05) is 12.8 Å². The lowest BCUT2D eigenvalue weighted by Crippen LogP contribution is -2.25. The minimum Gasteiger partial charge on any atom is -0.399 e. The maximum absolute atomic E-state index is 11.8. The standard InChI is InChI=1S/C13H21N3O2/c14-10-5-6-11(12(15)9-10)13(18)16-7-3-1-2-4-8-17/h5-6,9,17H,1-4,7-8,14-15H2,(H,16,18). The normalized spacial score (nSPS) is 10.3. The summed E-state index contributed by atoms with van der Waals surface area (Å²) in [5.74, 6) is -0.172. The van der Waals surface area contributed by atoms with Crippen molar-refractivity contribution in [2.75, 3.05) is 24.6 Å². The number of benzene rings is 1. The Labute approximate surface area is 107 Å². The molecule has 0 saturated carbocycles. The second-order valence-corrected chi connectivity index (χ2v) is 4.24. The van der Waals surface area contributed by atoms with Gasteiger partial charge in [-0.2, -0.15) is 0 Å². The number of rotatable bonds is 7. The highest BCUT2D eigenvalue weighted by molar-refractivity contribution is 5.99. The lowest BCUT2D eigenvalue weighted by atomic mass is 10.1. The minimum absolute atomic E-state index is 0.172. The lowest BCUT2D eigenvalue weighted by molar-refractivity contribution is 0.0953. The Morgan fingerprint density at radius 2 is 1.89 bits per heavy atom. The number of aliphatic hydroxyl groups is 1. The van der Waals surface area contributed by atoms with Crippen molar-refractivity contribution < 1.29 is 9.90 Å². The molecule has 1 rings (SSSR count). The van der Waals surface area contributed by atoms with Crippen LogP contribution in [0.4, 0.5) is 11.4 Å². The third-order valence-corrected chi connectivity index (χ3v) is 2.69. The topological polar surface area (TPSA) is 101 Å². The first kappa shape index (κ1) is 14.3. The number of carbonyl (C=O) groups excluding carboxylic acids is 1. The summed E-state index contributed by atoms with van der Waals surface area (Å²) in [6.45, 7) is 0.850. The van der Waals surface area contributed by atoms with Gasteiger partial charge < -0.3 is 21.9 Å². The van der Waals surface area contributed by atoms with E-state index < -0.39 is 0 Å². The molecule has 0 bridgehead atoms. The number of hydrogen-bond donors (Lipinski definition) is 4. The van der Waals surface area contributed by atoms with E-state index in [4.69, 9.17) is 16.6 Å². The van der Waals surface area contributed by atoms with E-state index in [1.807, 2.05) is 0 Å². The van der Waals surface area contributed by atoms with E-state index in [0.717, 1.165) is 25.7 Å². The van der Waals surface area contributed by atoms with E-state index in [1.165, 1.54) is 0 Å². The Balaban J connectivity index is 2.32. The molecule has 0 atom stereocenters. The Morgan fingerprint density at radius 1 is 1.17 bits per heavy atom. The predicted octanol–water partition coefficient (Wildman–Crippen LogP) is 1.13. The number of nitrogens with one attached hydrogen (secondary N) is 1. The molecule has 18 heavy (non-hydrogen) atoms. The van der Waals surface area contributed by atoms with Gasteiger partial charge in [0.25, 0.3) is 5.91 Å². The average Bonchev–Trinajstić information content (AvgIpc) is 2.33. The summed E-state index contributed by atoms with van der Waals surface area (Å²) in [4.78, 5) is 11.8. The summed E-state index contributed by atoms with van der Waals surface area (Å²) in [6, 6.07) is 4.87. The molecule has 1 aromatic carbocycles. The van der Waals surface area contributed by atoms with E-state index >= 15 is 0 Å². The van der Waals surface area contributed by atoms with E-state index in [1.54, 1.807) is 18.2 Å². The van der Waals surface area contributed by atoms with Gasteiger partial charge in [0.2, 0.25) is 0 Å². The zero-order valence-corrected chi connectivity index (χ0v) is 10.5. The van der Waals surface area contributed by atoms with Crippen LogP contribution in [-0.4, -0.2) is 24.2 Å². The van der Waals surface area contributed by atoms with Crippen molar-refractivity contribution >= 4 is 17.3 Å². The smallest absolute Gasteiger partial charge is 0.253 e. The van der Waals surface area contributed by atoms with E-state index in [0.29, 0.717) is 23.5 Å². The van der Waals surface area contributed by atoms with E-state index in [-0.39, 0.29) is 12.5 Å². The summed E-state index contributed by atoms with van der Waals surface area (Å²) in [6.07, 6.45) is 3.70. The van der Waals surface area contributed by atoms with Crippen LogP contribution in [0, 0.1) is 0 Å². The number of nitrogens with two attached hydrogens (primary N) is 2. The second-order valence-electron chi connectivity index (χ2n) is 4.24. The molecule has 0 radical (unpaired) electrons. The first-order chi connectivity index (χ1) is 8.65. The fraction of sp³-hybridized carbons (Fsp3) is 0.462. The monoisotopic (exact) mass is 251 g/mol. The number of unbranched alkanes of at least 4 members (excludes halogenated alkanes) is 3. The van der Waals surface area contributed by atoms with Crippen LogP contribution < -0.4 is 16.8 Å². The van der Waals surface area contributed by atoms with Crippen LogP contribution in [0.1, 0.15) is 36.0 Å². The number of hydrogen-bond acceptors (Lipinski definition) is 4. The maximum atomic E-state index is 11.8. The average molecular weight is 251 g/mol. The van der Waals surface area contributed by atoms with Crippen molar-refractivity contribution in [2.45, 2.75) is 25.7 Å². The molecule has 0 fully saturated rings. The van der Waals surface area contributed by atoms with Gasteiger partial charge in [-0.15, -0.1) is 0 Å². The molecule has 6 N–H and O–H groups in total. The molecule has 1 aromatic rings. The Morgan fingerprint density at radius 3 is 2.56 bits per heavy atom. The highest BCUT2D eigenvalue weighted by Gasteiger charge is 2.08. The largest absolute Gasteiger partial charge is 0.399 e. The fourth-order valence-corrected chi connectivity index (χ4v) is 1.68. The molecular weight excluding hydrogens is 230 g/mol.